The number of fused-ring (bicyclic) bond motifs is 2. The molecular weight excluding hydrogens is 301 g/mol. The Morgan fingerprint density at radius 3 is 2.75 bits per heavy atom. The van der Waals surface area contributed by atoms with Crippen molar-refractivity contribution < 1.29 is 9.13 Å². The molecule has 124 valence electrons. The number of rotatable bonds is 3. The van der Waals surface area contributed by atoms with E-state index in [0.29, 0.717) is 19.3 Å². The van der Waals surface area contributed by atoms with Gasteiger partial charge in [-0.15, -0.1) is 0 Å². The van der Waals surface area contributed by atoms with Gasteiger partial charge in [-0.3, -0.25) is 4.90 Å². The van der Waals surface area contributed by atoms with E-state index < -0.39 is 0 Å². The van der Waals surface area contributed by atoms with E-state index >= 15 is 0 Å². The van der Waals surface area contributed by atoms with Crippen LogP contribution in [-0.4, -0.2) is 30.2 Å². The van der Waals surface area contributed by atoms with Gasteiger partial charge in [-0.05, 0) is 36.6 Å². The second kappa shape index (κ2) is 6.50. The summed E-state index contributed by atoms with van der Waals surface area (Å²) in [5.41, 5.74) is 4.29. The van der Waals surface area contributed by atoms with E-state index in [1.54, 1.807) is 6.07 Å². The van der Waals surface area contributed by atoms with E-state index in [0.717, 1.165) is 29.7 Å². The van der Waals surface area contributed by atoms with Crippen LogP contribution in [0.3, 0.4) is 0 Å². The molecule has 0 amide bonds. The number of nitrogens with zero attached hydrogens (tertiary/aromatic N) is 1. The molecule has 2 nitrogen and oxygen atoms in total. The minimum atomic E-state index is -0.123. The third kappa shape index (κ3) is 3.02. The Morgan fingerprint density at radius 2 is 1.96 bits per heavy atom. The van der Waals surface area contributed by atoms with Gasteiger partial charge in [0.25, 0.3) is 0 Å². The van der Waals surface area contributed by atoms with Gasteiger partial charge in [-0.2, -0.15) is 0 Å². The average Bonchev–Trinajstić information content (AvgIpc) is 2.58. The van der Waals surface area contributed by atoms with Crippen LogP contribution in [-0.2, 0) is 11.3 Å². The highest BCUT2D eigenvalue weighted by atomic mass is 19.1. The Morgan fingerprint density at radius 1 is 1.12 bits per heavy atom. The number of hydrogen-bond acceptors (Lipinski definition) is 2. The molecule has 2 aromatic rings. The second-order valence-corrected chi connectivity index (χ2v) is 6.80. The summed E-state index contributed by atoms with van der Waals surface area (Å²) in [6, 6.07) is 16.4. The van der Waals surface area contributed by atoms with E-state index in [9.17, 15) is 4.39 Å². The van der Waals surface area contributed by atoms with Crippen LogP contribution in [0.15, 0.2) is 54.6 Å². The molecule has 2 aromatic carbocycles. The Balaban J connectivity index is 1.63. The van der Waals surface area contributed by atoms with Crippen molar-refractivity contribution in [3.05, 3.63) is 77.1 Å². The molecule has 2 atom stereocenters. The Bertz CT molecular complexity index is 756. The zero-order valence-electron chi connectivity index (χ0n) is 13.9. The van der Waals surface area contributed by atoms with Crippen LogP contribution in [0.5, 0.6) is 0 Å². The van der Waals surface area contributed by atoms with Crippen molar-refractivity contribution in [2.75, 3.05) is 13.2 Å². The number of benzene rings is 2. The van der Waals surface area contributed by atoms with Gasteiger partial charge in [0.1, 0.15) is 5.82 Å². The first kappa shape index (κ1) is 15.6. The predicted molar refractivity (Wildman–Crippen MR) is 94.1 cm³/mol. The van der Waals surface area contributed by atoms with E-state index in [4.69, 9.17) is 4.74 Å². The fraction of sp³-hybridized carbons (Fsp3) is 0.333. The number of ether oxygens (including phenoxy) is 1. The van der Waals surface area contributed by atoms with E-state index in [-0.39, 0.29) is 11.9 Å². The van der Waals surface area contributed by atoms with Gasteiger partial charge >= 0.3 is 0 Å². The number of morpholine rings is 1. The molecule has 2 heterocycles. The topological polar surface area (TPSA) is 12.5 Å². The molecule has 0 aromatic heterocycles. The second-order valence-electron chi connectivity index (χ2n) is 6.80. The quantitative estimate of drug-likeness (QED) is 0.840. The maximum absolute atomic E-state index is 14.3. The van der Waals surface area contributed by atoms with Crippen molar-refractivity contribution in [1.82, 2.24) is 4.90 Å². The molecule has 2 aliphatic rings. The highest BCUT2D eigenvalue weighted by Gasteiger charge is 2.35. The normalized spacial score (nSPS) is 23.8. The third-order valence-electron chi connectivity index (χ3n) is 5.02. The first-order valence-electron chi connectivity index (χ1n) is 8.55. The fourth-order valence-electron chi connectivity index (χ4n) is 3.79. The van der Waals surface area contributed by atoms with Crippen molar-refractivity contribution in [3.8, 4) is 0 Å². The summed E-state index contributed by atoms with van der Waals surface area (Å²) in [4.78, 5) is 2.50. The molecule has 0 N–H and O–H groups in total. The van der Waals surface area contributed by atoms with Gasteiger partial charge in [-0.1, -0.05) is 48.0 Å². The van der Waals surface area contributed by atoms with Gasteiger partial charge in [0.05, 0.1) is 19.3 Å². The van der Waals surface area contributed by atoms with Crippen LogP contribution in [0.2, 0.25) is 0 Å². The highest BCUT2D eigenvalue weighted by Crippen LogP contribution is 2.34. The Hall–Kier alpha value is -1.97. The smallest absolute Gasteiger partial charge is 0.130 e. The van der Waals surface area contributed by atoms with Crippen LogP contribution in [0, 0.1) is 12.7 Å². The summed E-state index contributed by atoms with van der Waals surface area (Å²) >= 11 is 0. The van der Waals surface area contributed by atoms with Crippen LogP contribution < -0.4 is 0 Å². The number of aryl methyl sites for hydroxylation is 1. The maximum atomic E-state index is 14.3. The largest absolute Gasteiger partial charge is 0.378 e. The van der Waals surface area contributed by atoms with Crippen LogP contribution >= 0.6 is 0 Å². The summed E-state index contributed by atoms with van der Waals surface area (Å²) < 4.78 is 20.1. The molecule has 0 spiro atoms. The van der Waals surface area contributed by atoms with Crippen molar-refractivity contribution in [2.45, 2.75) is 32.0 Å². The molecule has 0 radical (unpaired) electrons. The number of hydrogen-bond donors (Lipinski definition) is 0. The lowest BCUT2D eigenvalue weighted by atomic mass is 9.88. The molecule has 1 saturated heterocycles. The summed E-state index contributed by atoms with van der Waals surface area (Å²) in [6.07, 6.45) is 3.04. The lowest BCUT2D eigenvalue weighted by molar-refractivity contribution is -0.0403. The fourth-order valence-corrected chi connectivity index (χ4v) is 3.79. The van der Waals surface area contributed by atoms with Crippen LogP contribution in [0.25, 0.3) is 5.57 Å². The SMILES string of the molecule is Cc1ccc(F)c(C2=CC3COCC(C2)N3Cc2ccccc2)c1. The van der Waals surface area contributed by atoms with Crippen LogP contribution in [0.1, 0.15) is 23.1 Å². The molecular formula is C21H22FNO. The van der Waals surface area contributed by atoms with E-state index in [1.165, 1.54) is 5.56 Å². The minimum absolute atomic E-state index is 0.123. The zero-order chi connectivity index (χ0) is 16.5. The monoisotopic (exact) mass is 323 g/mol. The summed E-state index contributed by atoms with van der Waals surface area (Å²) in [5.74, 6) is -0.123. The van der Waals surface area contributed by atoms with Crippen molar-refractivity contribution in [1.29, 1.82) is 0 Å². The molecule has 2 bridgehead atoms. The molecule has 3 heteroatoms. The molecule has 24 heavy (non-hydrogen) atoms. The highest BCUT2D eigenvalue weighted by molar-refractivity contribution is 5.68. The van der Waals surface area contributed by atoms with E-state index in [1.807, 2.05) is 25.1 Å². The predicted octanol–water partition coefficient (Wildman–Crippen LogP) is 4.19. The zero-order valence-corrected chi connectivity index (χ0v) is 13.9. The summed E-state index contributed by atoms with van der Waals surface area (Å²) in [5, 5.41) is 0. The van der Waals surface area contributed by atoms with Gasteiger partial charge < -0.3 is 4.74 Å². The molecule has 2 aliphatic heterocycles. The maximum Gasteiger partial charge on any atom is 0.130 e. The first-order valence-corrected chi connectivity index (χ1v) is 8.55. The molecule has 0 saturated carbocycles. The van der Waals surface area contributed by atoms with Crippen LogP contribution in [0.4, 0.5) is 4.39 Å². The molecule has 2 unspecified atom stereocenters. The molecule has 1 fully saturated rings. The van der Waals surface area contributed by atoms with Gasteiger partial charge in [-0.25, -0.2) is 4.39 Å². The van der Waals surface area contributed by atoms with Crippen molar-refractivity contribution in [2.24, 2.45) is 0 Å². The van der Waals surface area contributed by atoms with Crippen molar-refractivity contribution in [3.63, 3.8) is 0 Å². The summed E-state index contributed by atoms with van der Waals surface area (Å²) in [6.45, 7) is 4.33. The van der Waals surface area contributed by atoms with Gasteiger partial charge in [0.15, 0.2) is 0 Å². The Kier molecular flexibility index (Phi) is 4.21. The van der Waals surface area contributed by atoms with Gasteiger partial charge in [0.2, 0.25) is 0 Å². The molecule has 0 aliphatic carbocycles. The third-order valence-corrected chi connectivity index (χ3v) is 5.02. The van der Waals surface area contributed by atoms with E-state index in [2.05, 4.69) is 35.2 Å². The lowest BCUT2D eigenvalue weighted by Gasteiger charge is -2.45. The minimum Gasteiger partial charge on any atom is -0.378 e. The number of halogens is 1. The van der Waals surface area contributed by atoms with Crippen molar-refractivity contribution >= 4 is 5.57 Å². The first-order chi connectivity index (χ1) is 11.7. The molecule has 4 rings (SSSR count). The average molecular weight is 323 g/mol. The van der Waals surface area contributed by atoms with Gasteiger partial charge in [0, 0.05) is 18.2 Å². The summed E-state index contributed by atoms with van der Waals surface area (Å²) in [7, 11) is 0. The standard InChI is InChI=1S/C21H22FNO/c1-15-7-8-21(22)20(9-15)17-10-18-13-24-14-19(11-17)23(18)12-16-5-3-2-4-6-16/h2-10,18-19H,11-14H2,1H3. The Labute approximate surface area is 142 Å². The lowest BCUT2D eigenvalue weighted by Crippen LogP contribution is -2.53.